The Kier molecular flexibility index (Phi) is 7.23. The third kappa shape index (κ3) is 4.66. The summed E-state index contributed by atoms with van der Waals surface area (Å²) in [6.07, 6.45) is 1.53. The highest BCUT2D eigenvalue weighted by molar-refractivity contribution is 7.20. The number of hydrogen-bond donors (Lipinski definition) is 0. The number of nitrogens with zero attached hydrogens (tertiary/aromatic N) is 5. The van der Waals surface area contributed by atoms with Gasteiger partial charge in [0.15, 0.2) is 5.82 Å². The molecule has 10 nitrogen and oxygen atoms in total. The molecule has 4 heterocycles. The second-order valence-electron chi connectivity index (χ2n) is 7.72. The van der Waals surface area contributed by atoms with Crippen molar-refractivity contribution in [3.8, 4) is 5.88 Å². The number of thiophene rings is 1. The van der Waals surface area contributed by atoms with Gasteiger partial charge in [-0.3, -0.25) is 4.79 Å². The Labute approximate surface area is 201 Å². The maximum atomic E-state index is 13.4. The second-order valence-corrected chi connectivity index (χ2v) is 8.72. The molecule has 11 heteroatoms. The van der Waals surface area contributed by atoms with Crippen molar-refractivity contribution in [2.24, 2.45) is 0 Å². The van der Waals surface area contributed by atoms with E-state index in [9.17, 15) is 9.59 Å². The average molecular weight is 486 g/mol. The van der Waals surface area contributed by atoms with Crippen molar-refractivity contribution >= 4 is 39.2 Å². The van der Waals surface area contributed by atoms with E-state index in [2.05, 4.69) is 19.9 Å². The minimum Gasteiger partial charge on any atom is -0.480 e. The van der Waals surface area contributed by atoms with Crippen LogP contribution in [0.15, 0.2) is 18.3 Å². The van der Waals surface area contributed by atoms with Gasteiger partial charge in [-0.25, -0.2) is 14.8 Å². The number of aromatic nitrogens is 3. The number of hydrogen-bond acceptors (Lipinski definition) is 10. The lowest BCUT2D eigenvalue weighted by molar-refractivity contribution is 0.0525. The monoisotopic (exact) mass is 485 g/mol. The largest absolute Gasteiger partial charge is 0.480 e. The van der Waals surface area contributed by atoms with Crippen LogP contribution >= 0.6 is 11.3 Å². The first-order valence-electron chi connectivity index (χ1n) is 11.0. The molecular formula is C23H27N5O5S. The molecule has 0 bridgehead atoms. The molecular weight excluding hydrogens is 458 g/mol. The van der Waals surface area contributed by atoms with Gasteiger partial charge in [-0.2, -0.15) is 4.98 Å². The molecule has 0 aliphatic carbocycles. The second kappa shape index (κ2) is 10.3. The third-order valence-corrected chi connectivity index (χ3v) is 6.79. The molecule has 0 radical (unpaired) electrons. The lowest BCUT2D eigenvalue weighted by atomic mass is 10.2. The number of pyridine rings is 1. The lowest BCUT2D eigenvalue weighted by Crippen LogP contribution is -2.49. The van der Waals surface area contributed by atoms with E-state index in [4.69, 9.17) is 14.2 Å². The number of fused-ring (bicyclic) bond motifs is 1. The molecule has 3 aromatic heterocycles. The Bertz CT molecular complexity index is 1190. The van der Waals surface area contributed by atoms with Gasteiger partial charge in [-0.1, -0.05) is 0 Å². The van der Waals surface area contributed by atoms with Gasteiger partial charge in [0, 0.05) is 39.5 Å². The maximum absolute atomic E-state index is 13.4. The number of carbonyl (C=O) groups excluding carboxylic acids is 2. The minimum absolute atomic E-state index is 0.0267. The fourth-order valence-corrected chi connectivity index (χ4v) is 5.04. The number of aryl methyl sites for hydroxylation is 1. The van der Waals surface area contributed by atoms with Gasteiger partial charge in [-0.05, 0) is 31.5 Å². The molecule has 0 saturated carbocycles. The van der Waals surface area contributed by atoms with Gasteiger partial charge in [-0.15, -0.1) is 11.3 Å². The summed E-state index contributed by atoms with van der Waals surface area (Å²) < 4.78 is 15.6. The first-order chi connectivity index (χ1) is 16.5. The molecule has 1 saturated heterocycles. The molecule has 1 aliphatic heterocycles. The lowest BCUT2D eigenvalue weighted by Gasteiger charge is -2.35. The third-order valence-electron chi connectivity index (χ3n) is 5.61. The topological polar surface area (TPSA) is 107 Å². The Balaban J connectivity index is 1.47. The first-order valence-corrected chi connectivity index (χ1v) is 11.8. The van der Waals surface area contributed by atoms with Gasteiger partial charge >= 0.3 is 5.97 Å². The number of ether oxygens (including phenoxy) is 3. The van der Waals surface area contributed by atoms with Crippen LogP contribution in [0.1, 0.15) is 38.3 Å². The molecule has 1 aliphatic rings. The van der Waals surface area contributed by atoms with Crippen molar-refractivity contribution in [3.63, 3.8) is 0 Å². The van der Waals surface area contributed by atoms with E-state index in [1.54, 1.807) is 27.2 Å². The molecule has 1 fully saturated rings. The van der Waals surface area contributed by atoms with Crippen LogP contribution in [-0.2, 0) is 16.1 Å². The quantitative estimate of drug-likeness (QED) is 0.467. The molecule has 180 valence electrons. The summed E-state index contributed by atoms with van der Waals surface area (Å²) in [5, 5.41) is 0.764. The van der Waals surface area contributed by atoms with Crippen LogP contribution in [0, 0.1) is 6.92 Å². The number of carbonyl (C=O) groups is 2. The predicted molar refractivity (Wildman–Crippen MR) is 128 cm³/mol. The molecule has 0 aromatic carbocycles. The molecule has 0 spiro atoms. The van der Waals surface area contributed by atoms with E-state index in [-0.39, 0.29) is 18.5 Å². The number of amides is 1. The first kappa shape index (κ1) is 23.8. The van der Waals surface area contributed by atoms with Crippen LogP contribution in [0.5, 0.6) is 5.88 Å². The van der Waals surface area contributed by atoms with Gasteiger partial charge in [0.2, 0.25) is 5.88 Å². The van der Waals surface area contributed by atoms with Gasteiger partial charge < -0.3 is 24.0 Å². The van der Waals surface area contributed by atoms with E-state index in [1.165, 1.54) is 17.5 Å². The van der Waals surface area contributed by atoms with Gasteiger partial charge in [0.05, 0.1) is 29.5 Å². The van der Waals surface area contributed by atoms with Crippen molar-refractivity contribution in [3.05, 3.63) is 40.2 Å². The Morgan fingerprint density at radius 2 is 1.88 bits per heavy atom. The van der Waals surface area contributed by atoms with Crippen LogP contribution in [0.3, 0.4) is 0 Å². The van der Waals surface area contributed by atoms with E-state index in [0.717, 1.165) is 16.8 Å². The molecule has 0 atom stereocenters. The van der Waals surface area contributed by atoms with Gasteiger partial charge in [0.1, 0.15) is 17.3 Å². The summed E-state index contributed by atoms with van der Waals surface area (Å²) in [6.45, 7) is 6.66. The van der Waals surface area contributed by atoms with Crippen LogP contribution in [0.25, 0.3) is 10.2 Å². The Morgan fingerprint density at radius 1 is 1.12 bits per heavy atom. The van der Waals surface area contributed by atoms with E-state index in [1.807, 2.05) is 17.9 Å². The summed E-state index contributed by atoms with van der Waals surface area (Å²) in [6, 6.07) is 3.52. The summed E-state index contributed by atoms with van der Waals surface area (Å²) in [7, 11) is 3.14. The highest BCUT2D eigenvalue weighted by atomic mass is 32.1. The van der Waals surface area contributed by atoms with E-state index < -0.39 is 0 Å². The number of piperazine rings is 1. The highest BCUT2D eigenvalue weighted by Crippen LogP contribution is 2.36. The highest BCUT2D eigenvalue weighted by Gasteiger charge is 2.28. The van der Waals surface area contributed by atoms with E-state index >= 15 is 0 Å². The average Bonchev–Trinajstić information content (AvgIpc) is 3.20. The molecule has 3 aromatic rings. The molecule has 4 rings (SSSR count). The number of esters is 1. The zero-order valence-electron chi connectivity index (χ0n) is 19.7. The fourth-order valence-electron chi connectivity index (χ4n) is 3.88. The van der Waals surface area contributed by atoms with Crippen molar-refractivity contribution in [2.45, 2.75) is 20.5 Å². The van der Waals surface area contributed by atoms with Crippen LogP contribution < -0.4 is 9.64 Å². The van der Waals surface area contributed by atoms with Crippen molar-refractivity contribution in [2.75, 3.05) is 51.9 Å². The zero-order chi connectivity index (χ0) is 24.2. The maximum Gasteiger partial charge on any atom is 0.339 e. The number of rotatable bonds is 7. The summed E-state index contributed by atoms with van der Waals surface area (Å²) in [4.78, 5) is 43.8. The molecule has 0 unspecified atom stereocenters. The van der Waals surface area contributed by atoms with Crippen LogP contribution in [-0.4, -0.2) is 78.7 Å². The predicted octanol–water partition coefficient (Wildman–Crippen LogP) is 2.69. The standard InChI is InChI=1S/C23H27N5O5S/c1-5-33-23(30)15-6-7-17(24-12-15)27-8-10-28(11-9-27)22(29)19-14(2)18-20(32-4)25-16(13-31-3)26-21(18)34-19/h6-7,12H,5,8-11,13H2,1-4H3. The molecule has 0 N–H and O–H groups in total. The SMILES string of the molecule is CCOC(=O)c1ccc(N2CCN(C(=O)c3sc4nc(COC)nc(OC)c4c3C)CC2)nc1. The normalized spacial score (nSPS) is 13.9. The summed E-state index contributed by atoms with van der Waals surface area (Å²) in [5.41, 5.74) is 1.25. The Morgan fingerprint density at radius 3 is 2.50 bits per heavy atom. The summed E-state index contributed by atoms with van der Waals surface area (Å²) >= 11 is 1.35. The zero-order valence-corrected chi connectivity index (χ0v) is 20.5. The Hall–Kier alpha value is -3.31. The number of anilines is 1. The molecule has 34 heavy (non-hydrogen) atoms. The van der Waals surface area contributed by atoms with Crippen molar-refractivity contribution in [1.82, 2.24) is 19.9 Å². The van der Waals surface area contributed by atoms with Crippen molar-refractivity contribution in [1.29, 1.82) is 0 Å². The number of methoxy groups -OCH3 is 2. The van der Waals surface area contributed by atoms with Crippen molar-refractivity contribution < 1.29 is 23.8 Å². The molecule has 1 amide bonds. The van der Waals surface area contributed by atoms with Crippen LogP contribution in [0.4, 0.5) is 5.82 Å². The minimum atomic E-state index is -0.383. The smallest absolute Gasteiger partial charge is 0.339 e. The van der Waals surface area contributed by atoms with Gasteiger partial charge in [0.25, 0.3) is 5.91 Å². The van der Waals surface area contributed by atoms with Crippen LogP contribution in [0.2, 0.25) is 0 Å². The van der Waals surface area contributed by atoms with E-state index in [0.29, 0.717) is 59.8 Å². The fraction of sp³-hybridized carbons (Fsp3) is 0.435. The summed E-state index contributed by atoms with van der Waals surface area (Å²) in [5.74, 6) is 1.32.